The molecule has 2 rings (SSSR count). The lowest BCUT2D eigenvalue weighted by atomic mass is 9.78. The number of halogens is 2. The highest BCUT2D eigenvalue weighted by atomic mass is 35.5. The molecule has 0 fully saturated rings. The van der Waals surface area contributed by atoms with Gasteiger partial charge in [0, 0.05) is 16.0 Å². The number of carbonyl (C=O) groups is 1. The van der Waals surface area contributed by atoms with Crippen LogP contribution in [0.15, 0.2) is 29.6 Å². The number of carbonyl (C=O) groups excluding carboxylic acids is 1. The number of nitrogens with two attached hydrogens (primary N) is 2. The van der Waals surface area contributed by atoms with Crippen molar-refractivity contribution in [3.63, 3.8) is 0 Å². The Morgan fingerprint density at radius 3 is 2.62 bits per heavy atom. The maximum absolute atomic E-state index is 11.7. The van der Waals surface area contributed by atoms with Crippen LogP contribution in [0.1, 0.15) is 11.5 Å². The predicted octanol–water partition coefficient (Wildman–Crippen LogP) is 1.80. The Morgan fingerprint density at radius 2 is 2.10 bits per heavy atom. The smallest absolute Gasteiger partial charge is 0.228 e. The fourth-order valence-electron chi connectivity index (χ4n) is 2.28. The van der Waals surface area contributed by atoms with Crippen LogP contribution in [-0.4, -0.2) is 10.9 Å². The van der Waals surface area contributed by atoms with Crippen molar-refractivity contribution in [1.82, 2.24) is 5.32 Å². The van der Waals surface area contributed by atoms with Gasteiger partial charge in [0.1, 0.15) is 11.7 Å². The molecule has 1 aromatic rings. The van der Waals surface area contributed by atoms with Crippen LogP contribution in [-0.2, 0) is 4.79 Å². The molecule has 0 aromatic heterocycles. The topological polar surface area (TPSA) is 105 Å². The Kier molecular flexibility index (Phi) is 4.37. The second-order valence-electron chi connectivity index (χ2n) is 4.45. The van der Waals surface area contributed by atoms with Gasteiger partial charge in [-0.2, -0.15) is 5.26 Å². The zero-order valence-electron chi connectivity index (χ0n) is 10.6. The summed E-state index contributed by atoms with van der Waals surface area (Å²) < 4.78 is 0. The normalized spacial score (nSPS) is 21.7. The number of primary amides is 1. The number of allylic oxidation sites excluding steroid dienone is 1. The highest BCUT2D eigenvalue weighted by molar-refractivity contribution is 7.80. The van der Waals surface area contributed by atoms with Crippen molar-refractivity contribution in [3.8, 4) is 6.07 Å². The molecule has 0 saturated heterocycles. The molecule has 0 spiro atoms. The molecule has 5 nitrogen and oxygen atoms in total. The van der Waals surface area contributed by atoms with Gasteiger partial charge in [-0.1, -0.05) is 41.5 Å². The summed E-state index contributed by atoms with van der Waals surface area (Å²) in [5.74, 6) is -2.20. The minimum atomic E-state index is -0.902. The number of thiocarbonyl (C=S) groups is 1. The first-order valence-electron chi connectivity index (χ1n) is 5.81. The van der Waals surface area contributed by atoms with Crippen LogP contribution < -0.4 is 16.8 Å². The quantitative estimate of drug-likeness (QED) is 0.712. The molecule has 0 saturated carbocycles. The lowest BCUT2D eigenvalue weighted by Crippen LogP contribution is -2.47. The number of hydrogen-bond donors (Lipinski definition) is 3. The maximum Gasteiger partial charge on any atom is 0.228 e. The molecule has 1 amide bonds. The highest BCUT2D eigenvalue weighted by Crippen LogP contribution is 2.40. The van der Waals surface area contributed by atoms with Crippen LogP contribution >= 0.6 is 35.4 Å². The first-order chi connectivity index (χ1) is 9.86. The minimum absolute atomic E-state index is 0.0935. The van der Waals surface area contributed by atoms with E-state index in [1.54, 1.807) is 12.1 Å². The summed E-state index contributed by atoms with van der Waals surface area (Å²) in [6.45, 7) is 0. The van der Waals surface area contributed by atoms with Crippen LogP contribution in [0, 0.1) is 17.2 Å². The van der Waals surface area contributed by atoms with Gasteiger partial charge in [0.05, 0.1) is 16.6 Å². The summed E-state index contributed by atoms with van der Waals surface area (Å²) in [5.41, 5.74) is 11.9. The van der Waals surface area contributed by atoms with E-state index in [4.69, 9.17) is 46.9 Å². The Bertz CT molecular complexity index is 711. The van der Waals surface area contributed by atoms with Crippen LogP contribution in [0.3, 0.4) is 0 Å². The standard InChI is InChI=1S/C13H10Cl2N4OS/c14-5-1-2-6(8(15)3-5)9-7(4-16)11(17)19-13(21)10(9)12(18)20/h1-3,9-10H,17H2,(H2,18,20)(H,19,21)/t9-,10-/m1/s1. The average Bonchev–Trinajstić information content (AvgIpc) is 2.37. The van der Waals surface area contributed by atoms with E-state index < -0.39 is 17.7 Å². The molecule has 1 aliphatic heterocycles. The van der Waals surface area contributed by atoms with Crippen molar-refractivity contribution < 1.29 is 4.79 Å². The molecule has 0 aliphatic carbocycles. The summed E-state index contributed by atoms with van der Waals surface area (Å²) in [5, 5.41) is 12.7. The number of hydrogen-bond acceptors (Lipinski definition) is 4. The minimum Gasteiger partial charge on any atom is -0.384 e. The van der Waals surface area contributed by atoms with Crippen LogP contribution in [0.2, 0.25) is 10.0 Å². The van der Waals surface area contributed by atoms with E-state index >= 15 is 0 Å². The second kappa shape index (κ2) is 5.90. The second-order valence-corrected chi connectivity index (χ2v) is 5.74. The number of rotatable bonds is 2. The monoisotopic (exact) mass is 340 g/mol. The summed E-state index contributed by atoms with van der Waals surface area (Å²) >= 11 is 17.2. The van der Waals surface area contributed by atoms with Gasteiger partial charge in [-0.15, -0.1) is 0 Å². The first-order valence-corrected chi connectivity index (χ1v) is 6.98. The molecule has 5 N–H and O–H groups in total. The van der Waals surface area contributed by atoms with Crippen molar-refractivity contribution in [2.45, 2.75) is 5.92 Å². The molecule has 2 atom stereocenters. The Balaban J connectivity index is 2.68. The zero-order chi connectivity index (χ0) is 15.7. The molecule has 0 unspecified atom stereocenters. The van der Waals surface area contributed by atoms with E-state index in [2.05, 4.69) is 5.32 Å². The molecule has 0 bridgehead atoms. The van der Waals surface area contributed by atoms with Gasteiger partial charge < -0.3 is 16.8 Å². The van der Waals surface area contributed by atoms with Gasteiger partial charge in [0.15, 0.2) is 0 Å². The largest absolute Gasteiger partial charge is 0.384 e. The molecule has 1 aliphatic rings. The maximum atomic E-state index is 11.7. The van der Waals surface area contributed by atoms with Gasteiger partial charge >= 0.3 is 0 Å². The average molecular weight is 341 g/mol. The third-order valence-corrected chi connectivity index (χ3v) is 4.12. The van der Waals surface area contributed by atoms with Gasteiger partial charge in [0.2, 0.25) is 5.91 Å². The van der Waals surface area contributed by atoms with E-state index in [0.717, 1.165) is 0 Å². The Labute approximate surface area is 136 Å². The zero-order valence-corrected chi connectivity index (χ0v) is 12.9. The number of nitriles is 1. The Hall–Kier alpha value is -1.81. The summed E-state index contributed by atoms with van der Waals surface area (Å²) in [6, 6.07) is 6.74. The third-order valence-electron chi connectivity index (χ3n) is 3.20. The fraction of sp³-hybridized carbons (Fsp3) is 0.154. The highest BCUT2D eigenvalue weighted by Gasteiger charge is 2.40. The van der Waals surface area contributed by atoms with Crippen LogP contribution in [0.4, 0.5) is 0 Å². The number of amides is 1. The SMILES string of the molecule is N#CC1=C(N)NC(=S)[C@@H](C(N)=O)[C@@H]1c1ccc(Cl)cc1Cl. The number of nitrogens with zero attached hydrogens (tertiary/aromatic N) is 1. The van der Waals surface area contributed by atoms with E-state index in [-0.39, 0.29) is 16.4 Å². The van der Waals surface area contributed by atoms with E-state index in [1.807, 2.05) is 6.07 Å². The first kappa shape index (κ1) is 15.6. The van der Waals surface area contributed by atoms with Gasteiger partial charge in [-0.3, -0.25) is 4.79 Å². The molecule has 108 valence electrons. The summed E-state index contributed by atoms with van der Waals surface area (Å²) in [6.07, 6.45) is 0. The van der Waals surface area contributed by atoms with Crippen molar-refractivity contribution in [3.05, 3.63) is 45.2 Å². The molecule has 0 radical (unpaired) electrons. The van der Waals surface area contributed by atoms with Crippen LogP contribution in [0.25, 0.3) is 0 Å². The molecule has 1 aromatic carbocycles. The summed E-state index contributed by atoms with van der Waals surface area (Å²) in [4.78, 5) is 11.9. The van der Waals surface area contributed by atoms with Crippen molar-refractivity contribution >= 4 is 46.3 Å². The third kappa shape index (κ3) is 2.81. The van der Waals surface area contributed by atoms with E-state index in [9.17, 15) is 10.1 Å². The lowest BCUT2D eigenvalue weighted by molar-refractivity contribution is -0.120. The van der Waals surface area contributed by atoms with Crippen molar-refractivity contribution in [1.29, 1.82) is 5.26 Å². The lowest BCUT2D eigenvalue weighted by Gasteiger charge is -2.32. The van der Waals surface area contributed by atoms with Gasteiger partial charge in [-0.05, 0) is 17.7 Å². The number of nitrogens with one attached hydrogen (secondary N) is 1. The predicted molar refractivity (Wildman–Crippen MR) is 84.4 cm³/mol. The molecular weight excluding hydrogens is 331 g/mol. The van der Waals surface area contributed by atoms with Crippen molar-refractivity contribution in [2.75, 3.05) is 0 Å². The van der Waals surface area contributed by atoms with E-state index in [0.29, 0.717) is 15.6 Å². The summed E-state index contributed by atoms with van der Waals surface area (Å²) in [7, 11) is 0. The molecule has 1 heterocycles. The van der Waals surface area contributed by atoms with Gasteiger partial charge in [0.25, 0.3) is 0 Å². The Morgan fingerprint density at radius 1 is 1.43 bits per heavy atom. The van der Waals surface area contributed by atoms with Crippen LogP contribution in [0.5, 0.6) is 0 Å². The van der Waals surface area contributed by atoms with E-state index in [1.165, 1.54) is 6.07 Å². The molecule has 21 heavy (non-hydrogen) atoms. The fourth-order valence-corrected chi connectivity index (χ4v) is 3.16. The number of benzene rings is 1. The van der Waals surface area contributed by atoms with Crippen molar-refractivity contribution in [2.24, 2.45) is 17.4 Å². The van der Waals surface area contributed by atoms with Gasteiger partial charge in [-0.25, -0.2) is 0 Å². The molecular formula is C13H10Cl2N4OS. The molecule has 8 heteroatoms.